The number of unbranched alkanes of at least 4 members (excludes halogenated alkanes) is 2. The van der Waals surface area contributed by atoms with Crippen LogP contribution < -0.4 is 11.2 Å². The monoisotopic (exact) mass is 604 g/mol. The number of nitrogens with zero attached hydrogens (tertiary/aromatic N) is 1. The molecule has 2 saturated heterocycles. The molecular weight excluding hydrogens is 567 g/mol. The van der Waals surface area contributed by atoms with Crippen LogP contribution in [0, 0.1) is 15.5 Å². The van der Waals surface area contributed by atoms with Crippen molar-refractivity contribution in [3.8, 4) is 11.8 Å². The number of hydrogen-bond acceptors (Lipinski definition) is 6. The highest BCUT2D eigenvalue weighted by Gasteiger charge is 2.57. The Kier molecular flexibility index (Phi) is 8.27. The van der Waals surface area contributed by atoms with Crippen LogP contribution >= 0.6 is 22.6 Å². The lowest BCUT2D eigenvalue weighted by atomic mass is 10.1. The predicted octanol–water partition coefficient (Wildman–Crippen LogP) is 4.12. The van der Waals surface area contributed by atoms with Crippen LogP contribution in [0.1, 0.15) is 72.6 Å². The summed E-state index contributed by atoms with van der Waals surface area (Å²) in [5.41, 5.74) is -0.793. The van der Waals surface area contributed by atoms with E-state index in [9.17, 15) is 9.59 Å². The minimum Gasteiger partial charge on any atom is -0.414 e. The Morgan fingerprint density at radius 1 is 1.21 bits per heavy atom. The van der Waals surface area contributed by atoms with Crippen LogP contribution in [-0.4, -0.2) is 48.6 Å². The minimum absolute atomic E-state index is 0.0489. The number of rotatable bonds is 6. The lowest BCUT2D eigenvalue weighted by molar-refractivity contribution is -0.200. The summed E-state index contributed by atoms with van der Waals surface area (Å²) in [5.74, 6) is 5.16. The van der Waals surface area contributed by atoms with E-state index >= 15 is 0 Å². The van der Waals surface area contributed by atoms with Crippen LogP contribution in [0.5, 0.6) is 0 Å². The van der Waals surface area contributed by atoms with E-state index < -0.39 is 49.9 Å². The summed E-state index contributed by atoms with van der Waals surface area (Å²) in [6.45, 7) is 17.0. The van der Waals surface area contributed by atoms with Gasteiger partial charge in [-0.25, -0.2) is 4.79 Å². The first kappa shape index (κ1) is 27.6. The number of H-pyrrole nitrogens is 1. The molecule has 0 saturated carbocycles. The largest absolute Gasteiger partial charge is 0.414 e. The first-order valence-corrected chi connectivity index (χ1v) is 15.9. The third-order valence-corrected chi connectivity index (χ3v) is 12.3. The summed E-state index contributed by atoms with van der Waals surface area (Å²) in [6.07, 6.45) is 0.540. The van der Waals surface area contributed by atoms with Gasteiger partial charge in [0.25, 0.3) is 5.56 Å². The third kappa shape index (κ3) is 5.70. The van der Waals surface area contributed by atoms with Crippen LogP contribution in [0.15, 0.2) is 9.59 Å². The van der Waals surface area contributed by atoms with Crippen molar-refractivity contribution in [2.24, 2.45) is 0 Å². The Bertz CT molecular complexity index is 1080. The van der Waals surface area contributed by atoms with E-state index in [4.69, 9.17) is 18.6 Å². The Morgan fingerprint density at radius 2 is 1.85 bits per heavy atom. The summed E-state index contributed by atoms with van der Waals surface area (Å²) in [5, 5.41) is 0.0489. The van der Waals surface area contributed by atoms with Crippen LogP contribution in [0.25, 0.3) is 0 Å². The average Bonchev–Trinajstić information content (AvgIpc) is 3.18. The SMILES string of the molecule is CCCCC#Cc1c(I)n(C2OC(CO[Si](C)(C)C(C)(C)C)C3OC(C)(C)OC32)c(=O)[nH]c1=O. The second kappa shape index (κ2) is 10.2. The quantitative estimate of drug-likeness (QED) is 0.173. The van der Waals surface area contributed by atoms with Crippen molar-refractivity contribution in [3.63, 3.8) is 0 Å². The van der Waals surface area contributed by atoms with E-state index in [0.29, 0.717) is 16.7 Å². The highest BCUT2D eigenvalue weighted by molar-refractivity contribution is 14.1. The van der Waals surface area contributed by atoms with Gasteiger partial charge < -0.3 is 18.6 Å². The smallest absolute Gasteiger partial charge is 0.331 e. The molecule has 4 unspecified atom stereocenters. The molecule has 0 aromatic carbocycles. The molecule has 2 fully saturated rings. The predicted molar refractivity (Wildman–Crippen MR) is 141 cm³/mol. The lowest BCUT2D eigenvalue weighted by Gasteiger charge is -2.37. The summed E-state index contributed by atoms with van der Waals surface area (Å²) < 4.78 is 27.0. The topological polar surface area (TPSA) is 91.8 Å². The normalized spacial score (nSPS) is 26.3. The number of hydrogen-bond donors (Lipinski definition) is 1. The van der Waals surface area contributed by atoms with E-state index in [1.165, 1.54) is 4.57 Å². The fourth-order valence-electron chi connectivity index (χ4n) is 3.78. The van der Waals surface area contributed by atoms with Crippen molar-refractivity contribution in [3.05, 3.63) is 30.1 Å². The first-order chi connectivity index (χ1) is 15.7. The number of ether oxygens (including phenoxy) is 3. The zero-order valence-corrected chi connectivity index (χ0v) is 24.6. The van der Waals surface area contributed by atoms with Gasteiger partial charge in [-0.3, -0.25) is 14.3 Å². The maximum absolute atomic E-state index is 12.9. The van der Waals surface area contributed by atoms with Crippen LogP contribution in [0.4, 0.5) is 0 Å². The molecular formula is C24H37IN2O6Si. The summed E-state index contributed by atoms with van der Waals surface area (Å²) in [7, 11) is -2.03. The molecule has 1 aromatic rings. The lowest BCUT2D eigenvalue weighted by Crippen LogP contribution is -2.44. The van der Waals surface area contributed by atoms with Gasteiger partial charge in [-0.2, -0.15) is 0 Å². The van der Waals surface area contributed by atoms with Crippen molar-refractivity contribution in [1.29, 1.82) is 0 Å². The Morgan fingerprint density at radius 3 is 2.47 bits per heavy atom. The number of aromatic nitrogens is 2. The molecule has 3 heterocycles. The van der Waals surface area contributed by atoms with Gasteiger partial charge in [0.05, 0.1) is 6.61 Å². The van der Waals surface area contributed by atoms with E-state index in [2.05, 4.69) is 57.6 Å². The van der Waals surface area contributed by atoms with Gasteiger partial charge in [0, 0.05) is 6.42 Å². The Hall–Kier alpha value is -0.973. The standard InChI is InChI=1S/C24H37IN2O6Si/c1-9-10-11-12-13-15-19(25)27(22(29)26-20(15)28)21-18-17(32-24(5,6)33-18)16(31-21)14-30-34(7,8)23(2,3)4/h16-18,21H,9-11,14H2,1-8H3,(H,26,28,29). The van der Waals surface area contributed by atoms with Crippen molar-refractivity contribution >= 4 is 30.9 Å². The molecule has 10 heteroatoms. The molecule has 34 heavy (non-hydrogen) atoms. The van der Waals surface area contributed by atoms with E-state index in [0.717, 1.165) is 12.8 Å². The molecule has 1 aromatic heterocycles. The zero-order valence-electron chi connectivity index (χ0n) is 21.4. The van der Waals surface area contributed by atoms with Crippen LogP contribution in [0.2, 0.25) is 18.1 Å². The maximum Gasteiger partial charge on any atom is 0.331 e. The molecule has 3 rings (SSSR count). The molecule has 0 bridgehead atoms. The summed E-state index contributed by atoms with van der Waals surface area (Å²) >= 11 is 2.00. The number of halogens is 1. The van der Waals surface area contributed by atoms with Crippen LogP contribution in [0.3, 0.4) is 0 Å². The molecule has 4 atom stereocenters. The Balaban J connectivity index is 1.95. The van der Waals surface area contributed by atoms with Crippen molar-refractivity contribution in [2.45, 2.75) is 109 Å². The third-order valence-electron chi connectivity index (χ3n) is 6.75. The fraction of sp³-hybridized carbons (Fsp3) is 0.750. The van der Waals surface area contributed by atoms with E-state index in [1.807, 2.05) is 36.4 Å². The summed E-state index contributed by atoms with van der Waals surface area (Å²) in [4.78, 5) is 27.8. The maximum atomic E-state index is 12.9. The second-order valence-corrected chi connectivity index (χ2v) is 16.7. The van der Waals surface area contributed by atoms with Gasteiger partial charge in [0.1, 0.15) is 27.6 Å². The number of fused-ring (bicyclic) bond motifs is 1. The Labute approximate surface area is 216 Å². The van der Waals surface area contributed by atoms with E-state index in [1.54, 1.807) is 0 Å². The van der Waals surface area contributed by atoms with Gasteiger partial charge in [-0.05, 0) is 61.0 Å². The number of nitrogens with one attached hydrogen (secondary N) is 1. The van der Waals surface area contributed by atoms with Crippen LogP contribution in [-0.2, 0) is 18.6 Å². The summed E-state index contributed by atoms with van der Waals surface area (Å²) in [6, 6.07) is 0. The average molecular weight is 605 g/mol. The van der Waals surface area contributed by atoms with Gasteiger partial charge in [-0.1, -0.05) is 46.0 Å². The molecule has 190 valence electrons. The van der Waals surface area contributed by atoms with E-state index in [-0.39, 0.29) is 10.6 Å². The van der Waals surface area contributed by atoms with Gasteiger partial charge in [0.2, 0.25) is 0 Å². The molecule has 0 amide bonds. The molecule has 1 N–H and O–H groups in total. The first-order valence-electron chi connectivity index (χ1n) is 11.9. The fourth-order valence-corrected chi connectivity index (χ4v) is 5.67. The molecule has 8 nitrogen and oxygen atoms in total. The van der Waals surface area contributed by atoms with Gasteiger partial charge >= 0.3 is 5.69 Å². The molecule has 0 aliphatic carbocycles. The van der Waals surface area contributed by atoms with Crippen molar-refractivity contribution in [2.75, 3.05) is 6.61 Å². The highest BCUT2D eigenvalue weighted by Crippen LogP contribution is 2.44. The molecule has 2 aliphatic rings. The molecule has 0 radical (unpaired) electrons. The molecule has 0 spiro atoms. The van der Waals surface area contributed by atoms with Gasteiger partial charge in [-0.15, -0.1) is 0 Å². The second-order valence-electron chi connectivity index (χ2n) is 10.9. The van der Waals surface area contributed by atoms with Gasteiger partial charge in [0.15, 0.2) is 20.3 Å². The number of aromatic amines is 1. The molecule has 2 aliphatic heterocycles. The van der Waals surface area contributed by atoms with Crippen molar-refractivity contribution < 1.29 is 18.6 Å². The zero-order chi connectivity index (χ0) is 25.5. The highest BCUT2D eigenvalue weighted by atomic mass is 127. The minimum atomic E-state index is -2.03. The van der Waals surface area contributed by atoms with Crippen molar-refractivity contribution in [1.82, 2.24) is 9.55 Å².